The first kappa shape index (κ1) is 9.98. The van der Waals surface area contributed by atoms with Crippen LogP contribution in [0.15, 0.2) is 32.2 Å². The molecule has 3 nitrogen and oxygen atoms in total. The van der Waals surface area contributed by atoms with Crippen molar-refractivity contribution in [3.63, 3.8) is 0 Å². The Hall–Kier alpha value is -0.550. The third kappa shape index (κ3) is 1.93. The minimum absolute atomic E-state index is 0.698. The van der Waals surface area contributed by atoms with Gasteiger partial charge in [0.1, 0.15) is 5.84 Å². The lowest BCUT2D eigenvalue weighted by molar-refractivity contribution is 0.921. The van der Waals surface area contributed by atoms with Crippen molar-refractivity contribution in [1.82, 2.24) is 0 Å². The number of nitrogens with zero attached hydrogens (tertiary/aromatic N) is 2. The van der Waals surface area contributed by atoms with Gasteiger partial charge in [0, 0.05) is 21.9 Å². The highest BCUT2D eigenvalue weighted by Crippen LogP contribution is 2.29. The van der Waals surface area contributed by atoms with Crippen LogP contribution in [-0.4, -0.2) is 12.4 Å². The van der Waals surface area contributed by atoms with E-state index in [1.54, 1.807) is 0 Å². The van der Waals surface area contributed by atoms with E-state index in [9.17, 15) is 0 Å². The van der Waals surface area contributed by atoms with Gasteiger partial charge in [-0.3, -0.25) is 5.01 Å². The Morgan fingerprint density at radius 2 is 2.07 bits per heavy atom. The van der Waals surface area contributed by atoms with E-state index in [4.69, 9.17) is 5.73 Å². The number of benzene rings is 1. The second-order valence-corrected chi connectivity index (χ2v) is 4.77. The van der Waals surface area contributed by atoms with Crippen LogP contribution < -0.4 is 10.7 Å². The van der Waals surface area contributed by atoms with Crippen LogP contribution in [-0.2, 0) is 0 Å². The fourth-order valence-corrected chi connectivity index (χ4v) is 1.92. The molecule has 0 amide bonds. The average Bonchev–Trinajstić information content (AvgIpc) is 2.57. The lowest BCUT2D eigenvalue weighted by Gasteiger charge is -2.13. The molecule has 1 aliphatic rings. The van der Waals surface area contributed by atoms with Gasteiger partial charge in [-0.05, 0) is 50.1 Å². The summed E-state index contributed by atoms with van der Waals surface area (Å²) in [6.45, 7) is 0.861. The Morgan fingerprint density at radius 1 is 1.29 bits per heavy atom. The summed E-state index contributed by atoms with van der Waals surface area (Å²) in [6.07, 6.45) is 0.841. The second-order valence-electron chi connectivity index (χ2n) is 3.06. The highest BCUT2D eigenvalue weighted by molar-refractivity contribution is 9.13. The zero-order chi connectivity index (χ0) is 10.1. The van der Waals surface area contributed by atoms with Crippen LogP contribution >= 0.6 is 31.9 Å². The van der Waals surface area contributed by atoms with Crippen LogP contribution in [0.5, 0.6) is 0 Å². The van der Waals surface area contributed by atoms with Crippen molar-refractivity contribution in [1.29, 1.82) is 0 Å². The van der Waals surface area contributed by atoms with E-state index in [-0.39, 0.29) is 0 Å². The highest BCUT2D eigenvalue weighted by atomic mass is 79.9. The fourth-order valence-electron chi connectivity index (χ4n) is 1.31. The molecular formula is C9H9Br2N3. The number of hydrogen-bond acceptors (Lipinski definition) is 3. The quantitative estimate of drug-likeness (QED) is 0.865. The Morgan fingerprint density at radius 3 is 2.64 bits per heavy atom. The summed E-state index contributed by atoms with van der Waals surface area (Å²) >= 11 is 6.88. The summed E-state index contributed by atoms with van der Waals surface area (Å²) in [4.78, 5) is 0. The zero-order valence-corrected chi connectivity index (χ0v) is 10.5. The number of hydrazone groups is 1. The maximum atomic E-state index is 5.62. The molecule has 74 valence electrons. The minimum Gasteiger partial charge on any atom is -0.386 e. The van der Waals surface area contributed by atoms with E-state index in [0.29, 0.717) is 5.84 Å². The molecule has 0 spiro atoms. The van der Waals surface area contributed by atoms with Gasteiger partial charge in [0.2, 0.25) is 0 Å². The first-order valence-electron chi connectivity index (χ1n) is 4.22. The Balaban J connectivity index is 2.29. The van der Waals surface area contributed by atoms with E-state index in [1.807, 2.05) is 23.2 Å². The van der Waals surface area contributed by atoms with Crippen molar-refractivity contribution in [2.45, 2.75) is 6.42 Å². The van der Waals surface area contributed by atoms with Crippen molar-refractivity contribution in [3.8, 4) is 0 Å². The van der Waals surface area contributed by atoms with E-state index in [1.165, 1.54) is 0 Å². The molecule has 0 saturated carbocycles. The van der Waals surface area contributed by atoms with Gasteiger partial charge in [-0.15, -0.1) is 0 Å². The third-order valence-electron chi connectivity index (χ3n) is 2.03. The van der Waals surface area contributed by atoms with Crippen molar-refractivity contribution < 1.29 is 0 Å². The molecule has 1 heterocycles. The standard InChI is InChI=1S/C9H9Br2N3/c10-7-2-1-6(5-8(7)11)14-4-3-9(12)13-14/h1-2,5H,3-4H2,(H2,12,13). The predicted molar refractivity (Wildman–Crippen MR) is 65.4 cm³/mol. The molecule has 0 bridgehead atoms. The lowest BCUT2D eigenvalue weighted by Crippen LogP contribution is -2.11. The normalized spacial score (nSPS) is 15.9. The number of anilines is 1. The van der Waals surface area contributed by atoms with Gasteiger partial charge >= 0.3 is 0 Å². The Kier molecular flexibility index (Phi) is 2.78. The van der Waals surface area contributed by atoms with Gasteiger partial charge in [0.05, 0.1) is 5.69 Å². The summed E-state index contributed by atoms with van der Waals surface area (Å²) < 4.78 is 2.06. The molecule has 0 radical (unpaired) electrons. The summed E-state index contributed by atoms with van der Waals surface area (Å²) in [6, 6.07) is 6.02. The SMILES string of the molecule is NC1=NN(c2ccc(Br)c(Br)c2)CC1. The molecule has 0 unspecified atom stereocenters. The molecular weight excluding hydrogens is 310 g/mol. The number of hydrogen-bond donors (Lipinski definition) is 1. The number of halogens is 2. The van der Waals surface area contributed by atoms with Crippen molar-refractivity contribution in [2.24, 2.45) is 10.8 Å². The van der Waals surface area contributed by atoms with Crippen LogP contribution in [0.3, 0.4) is 0 Å². The van der Waals surface area contributed by atoms with Gasteiger partial charge in [-0.25, -0.2) is 0 Å². The number of rotatable bonds is 1. The third-order valence-corrected chi connectivity index (χ3v) is 3.91. The minimum atomic E-state index is 0.698. The molecule has 0 atom stereocenters. The Labute approximate surface area is 99.2 Å². The molecule has 0 fully saturated rings. The molecule has 0 saturated heterocycles. The fraction of sp³-hybridized carbons (Fsp3) is 0.222. The van der Waals surface area contributed by atoms with Crippen LogP contribution in [0.1, 0.15) is 6.42 Å². The van der Waals surface area contributed by atoms with Crippen LogP contribution in [0.2, 0.25) is 0 Å². The first-order chi connectivity index (χ1) is 6.66. The summed E-state index contributed by atoms with van der Waals surface area (Å²) in [5.74, 6) is 0.698. The van der Waals surface area contributed by atoms with Gasteiger partial charge in [0.15, 0.2) is 0 Å². The van der Waals surface area contributed by atoms with E-state index >= 15 is 0 Å². The molecule has 1 aromatic rings. The van der Waals surface area contributed by atoms with Gasteiger partial charge in [-0.2, -0.15) is 5.10 Å². The van der Waals surface area contributed by atoms with Crippen LogP contribution in [0.25, 0.3) is 0 Å². The van der Waals surface area contributed by atoms with Gasteiger partial charge < -0.3 is 5.73 Å². The number of amidine groups is 1. The van der Waals surface area contributed by atoms with Gasteiger partial charge in [0.25, 0.3) is 0 Å². The van der Waals surface area contributed by atoms with Crippen LogP contribution in [0, 0.1) is 0 Å². The molecule has 1 aromatic carbocycles. The van der Waals surface area contributed by atoms with Crippen molar-refractivity contribution in [3.05, 3.63) is 27.1 Å². The van der Waals surface area contributed by atoms with Crippen molar-refractivity contribution in [2.75, 3.05) is 11.6 Å². The van der Waals surface area contributed by atoms with E-state index in [0.717, 1.165) is 27.6 Å². The molecule has 2 N–H and O–H groups in total. The molecule has 14 heavy (non-hydrogen) atoms. The summed E-state index contributed by atoms with van der Waals surface area (Å²) in [5.41, 5.74) is 6.67. The Bertz CT molecular complexity index is 390. The second kappa shape index (κ2) is 3.90. The summed E-state index contributed by atoms with van der Waals surface area (Å²) in [5, 5.41) is 6.13. The molecule has 5 heteroatoms. The number of nitrogens with two attached hydrogens (primary N) is 1. The predicted octanol–water partition coefficient (Wildman–Crippen LogP) is 2.69. The topological polar surface area (TPSA) is 41.6 Å². The maximum absolute atomic E-state index is 5.62. The summed E-state index contributed by atoms with van der Waals surface area (Å²) in [7, 11) is 0. The average molecular weight is 319 g/mol. The highest BCUT2D eigenvalue weighted by Gasteiger charge is 2.13. The van der Waals surface area contributed by atoms with Crippen LogP contribution in [0.4, 0.5) is 5.69 Å². The lowest BCUT2D eigenvalue weighted by atomic mass is 10.3. The monoisotopic (exact) mass is 317 g/mol. The van der Waals surface area contributed by atoms with E-state index < -0.39 is 0 Å². The maximum Gasteiger partial charge on any atom is 0.122 e. The molecule has 2 rings (SSSR count). The van der Waals surface area contributed by atoms with Crippen molar-refractivity contribution >= 4 is 43.4 Å². The zero-order valence-electron chi connectivity index (χ0n) is 7.37. The molecule has 0 aliphatic carbocycles. The molecule has 0 aromatic heterocycles. The largest absolute Gasteiger partial charge is 0.386 e. The smallest absolute Gasteiger partial charge is 0.122 e. The first-order valence-corrected chi connectivity index (χ1v) is 5.81. The molecule has 1 aliphatic heterocycles. The van der Waals surface area contributed by atoms with E-state index in [2.05, 4.69) is 37.0 Å². The van der Waals surface area contributed by atoms with Gasteiger partial charge in [-0.1, -0.05) is 0 Å².